The maximum absolute atomic E-state index is 12.1. The van der Waals surface area contributed by atoms with Gasteiger partial charge in [0.25, 0.3) is 0 Å². The van der Waals surface area contributed by atoms with E-state index in [1.165, 1.54) is 0 Å². The number of aliphatic hydroxyl groups excluding tert-OH is 1. The summed E-state index contributed by atoms with van der Waals surface area (Å²) in [6, 6.07) is 9.79. The summed E-state index contributed by atoms with van der Waals surface area (Å²) in [6.07, 6.45) is 4.52. The highest BCUT2D eigenvalue weighted by Gasteiger charge is 2.20. The lowest BCUT2D eigenvalue weighted by Gasteiger charge is -2.32. The third kappa shape index (κ3) is 5.90. The Morgan fingerprint density at radius 2 is 2.21 bits per heavy atom. The molecule has 3 rings (SSSR count). The van der Waals surface area contributed by atoms with Gasteiger partial charge >= 0.3 is 0 Å². The lowest BCUT2D eigenvalue weighted by Crippen LogP contribution is -2.37. The molecular formula is C22H31N5O2. The number of rotatable bonds is 8. The van der Waals surface area contributed by atoms with Gasteiger partial charge in [-0.15, -0.1) is 0 Å². The van der Waals surface area contributed by atoms with E-state index >= 15 is 0 Å². The van der Waals surface area contributed by atoms with Gasteiger partial charge in [0, 0.05) is 43.9 Å². The standard InChI is InChI=1S/C22H31N5O2/c1-3-16(2)22(29)26-19-8-4-6-17(10-19)12-23-20-11-21(25-15-24-20)27-9-5-7-18(13-27)14-28/h4,6,8,10-11,15-16,18,28H,3,5,7,9,12-14H2,1-2H3,(H,26,29)(H,23,24,25). The number of nitrogens with one attached hydrogen (secondary N) is 2. The van der Waals surface area contributed by atoms with Crippen molar-refractivity contribution in [2.45, 2.75) is 39.7 Å². The SMILES string of the molecule is CCC(C)C(=O)Nc1cccc(CNc2cc(N3CCCC(CO)C3)ncn2)c1. The fraction of sp³-hybridized carbons (Fsp3) is 0.500. The molecule has 7 heteroatoms. The summed E-state index contributed by atoms with van der Waals surface area (Å²) in [7, 11) is 0. The molecule has 3 N–H and O–H groups in total. The Bertz CT molecular complexity index is 813. The number of anilines is 3. The monoisotopic (exact) mass is 397 g/mol. The highest BCUT2D eigenvalue weighted by atomic mass is 16.3. The molecule has 1 aliphatic heterocycles. The van der Waals surface area contributed by atoms with Crippen LogP contribution in [0.1, 0.15) is 38.7 Å². The van der Waals surface area contributed by atoms with Crippen molar-refractivity contribution in [3.8, 4) is 0 Å². The fourth-order valence-electron chi connectivity index (χ4n) is 3.44. The van der Waals surface area contributed by atoms with Gasteiger partial charge in [0.2, 0.25) is 5.91 Å². The Kier molecular flexibility index (Phi) is 7.41. The number of aliphatic hydroxyl groups is 1. The smallest absolute Gasteiger partial charge is 0.227 e. The molecule has 1 fully saturated rings. The molecule has 0 radical (unpaired) electrons. The summed E-state index contributed by atoms with van der Waals surface area (Å²) in [5.41, 5.74) is 1.87. The molecule has 0 saturated carbocycles. The second-order valence-electron chi connectivity index (χ2n) is 7.75. The summed E-state index contributed by atoms with van der Waals surface area (Å²) in [5.74, 6) is 1.99. The van der Waals surface area contributed by atoms with Crippen LogP contribution >= 0.6 is 0 Å². The van der Waals surface area contributed by atoms with Crippen molar-refractivity contribution < 1.29 is 9.90 Å². The summed E-state index contributed by atoms with van der Waals surface area (Å²) in [6.45, 7) is 6.53. The fourth-order valence-corrected chi connectivity index (χ4v) is 3.44. The van der Waals surface area contributed by atoms with Gasteiger partial charge in [0.1, 0.15) is 18.0 Å². The van der Waals surface area contributed by atoms with Gasteiger partial charge < -0.3 is 20.6 Å². The van der Waals surface area contributed by atoms with Crippen molar-refractivity contribution in [3.63, 3.8) is 0 Å². The molecule has 0 bridgehead atoms. The van der Waals surface area contributed by atoms with Crippen molar-refractivity contribution in [3.05, 3.63) is 42.2 Å². The predicted octanol–water partition coefficient (Wildman–Crippen LogP) is 3.28. The van der Waals surface area contributed by atoms with Crippen LogP contribution in [0.4, 0.5) is 17.3 Å². The summed E-state index contributed by atoms with van der Waals surface area (Å²) in [5, 5.41) is 15.8. The number of amides is 1. The summed E-state index contributed by atoms with van der Waals surface area (Å²) >= 11 is 0. The van der Waals surface area contributed by atoms with E-state index in [2.05, 4.69) is 25.5 Å². The molecule has 1 saturated heterocycles. The van der Waals surface area contributed by atoms with E-state index in [1.807, 2.05) is 44.2 Å². The first kappa shape index (κ1) is 21.0. The molecule has 2 heterocycles. The lowest BCUT2D eigenvalue weighted by atomic mass is 9.99. The Hall–Kier alpha value is -2.67. The van der Waals surface area contributed by atoms with Gasteiger partial charge in [0.15, 0.2) is 0 Å². The molecular weight excluding hydrogens is 366 g/mol. The molecule has 1 amide bonds. The number of hydrogen-bond donors (Lipinski definition) is 3. The average molecular weight is 398 g/mol. The molecule has 0 spiro atoms. The van der Waals surface area contributed by atoms with Crippen molar-refractivity contribution in [2.24, 2.45) is 11.8 Å². The zero-order valence-electron chi connectivity index (χ0n) is 17.3. The maximum atomic E-state index is 12.1. The molecule has 1 aromatic carbocycles. The molecule has 2 unspecified atom stereocenters. The van der Waals surface area contributed by atoms with Crippen molar-refractivity contribution >= 4 is 23.2 Å². The normalized spacial score (nSPS) is 17.6. The number of carbonyl (C=O) groups excluding carboxylic acids is 1. The van der Waals surface area contributed by atoms with Gasteiger partial charge in [0.05, 0.1) is 0 Å². The molecule has 2 aromatic rings. The van der Waals surface area contributed by atoms with Gasteiger partial charge in [-0.1, -0.05) is 26.0 Å². The topological polar surface area (TPSA) is 90.4 Å². The Labute approximate surface area is 172 Å². The van der Waals surface area contributed by atoms with E-state index in [1.54, 1.807) is 6.33 Å². The van der Waals surface area contributed by atoms with Gasteiger partial charge in [-0.3, -0.25) is 4.79 Å². The molecule has 7 nitrogen and oxygen atoms in total. The Morgan fingerprint density at radius 3 is 3.00 bits per heavy atom. The van der Waals surface area contributed by atoms with Crippen LogP contribution in [-0.4, -0.2) is 40.7 Å². The van der Waals surface area contributed by atoms with Crippen LogP contribution in [-0.2, 0) is 11.3 Å². The molecule has 1 aromatic heterocycles. The molecule has 29 heavy (non-hydrogen) atoms. The molecule has 2 atom stereocenters. The number of carbonyl (C=O) groups is 1. The van der Waals surface area contributed by atoms with E-state index in [-0.39, 0.29) is 18.4 Å². The van der Waals surface area contributed by atoms with Crippen LogP contribution in [0.25, 0.3) is 0 Å². The van der Waals surface area contributed by atoms with E-state index in [0.717, 1.165) is 55.2 Å². The highest BCUT2D eigenvalue weighted by Crippen LogP contribution is 2.23. The third-order valence-corrected chi connectivity index (χ3v) is 5.48. The first-order chi connectivity index (χ1) is 14.1. The lowest BCUT2D eigenvalue weighted by molar-refractivity contribution is -0.119. The highest BCUT2D eigenvalue weighted by molar-refractivity contribution is 5.92. The zero-order chi connectivity index (χ0) is 20.6. The first-order valence-corrected chi connectivity index (χ1v) is 10.4. The number of benzene rings is 1. The van der Waals surface area contributed by atoms with Gasteiger partial charge in [-0.25, -0.2) is 9.97 Å². The minimum atomic E-state index is -0.00330. The molecule has 0 aliphatic carbocycles. The van der Waals surface area contributed by atoms with E-state index in [0.29, 0.717) is 12.5 Å². The Morgan fingerprint density at radius 1 is 1.34 bits per heavy atom. The van der Waals surface area contributed by atoms with Gasteiger partial charge in [-0.05, 0) is 42.9 Å². The van der Waals surface area contributed by atoms with Crippen LogP contribution in [0, 0.1) is 11.8 Å². The van der Waals surface area contributed by atoms with Crippen LogP contribution in [0.3, 0.4) is 0 Å². The number of nitrogens with zero attached hydrogens (tertiary/aromatic N) is 3. The number of piperidine rings is 1. The van der Waals surface area contributed by atoms with Crippen molar-refractivity contribution in [2.75, 3.05) is 35.2 Å². The first-order valence-electron chi connectivity index (χ1n) is 10.4. The van der Waals surface area contributed by atoms with Crippen LogP contribution in [0.2, 0.25) is 0 Å². The minimum Gasteiger partial charge on any atom is -0.396 e. The zero-order valence-corrected chi connectivity index (χ0v) is 17.3. The summed E-state index contributed by atoms with van der Waals surface area (Å²) < 4.78 is 0. The third-order valence-electron chi connectivity index (χ3n) is 5.48. The second-order valence-corrected chi connectivity index (χ2v) is 7.75. The Balaban J connectivity index is 1.60. The van der Waals surface area contributed by atoms with Crippen molar-refractivity contribution in [1.82, 2.24) is 9.97 Å². The second kappa shape index (κ2) is 10.2. The quantitative estimate of drug-likeness (QED) is 0.633. The number of hydrogen-bond acceptors (Lipinski definition) is 6. The van der Waals surface area contributed by atoms with Crippen LogP contribution in [0.15, 0.2) is 36.7 Å². The van der Waals surface area contributed by atoms with Crippen molar-refractivity contribution in [1.29, 1.82) is 0 Å². The van der Waals surface area contributed by atoms with Crippen LogP contribution < -0.4 is 15.5 Å². The predicted molar refractivity (Wildman–Crippen MR) is 116 cm³/mol. The minimum absolute atomic E-state index is 0.00330. The van der Waals surface area contributed by atoms with Gasteiger partial charge in [-0.2, -0.15) is 0 Å². The maximum Gasteiger partial charge on any atom is 0.227 e. The largest absolute Gasteiger partial charge is 0.396 e. The molecule has 1 aliphatic rings. The van der Waals surface area contributed by atoms with Crippen LogP contribution in [0.5, 0.6) is 0 Å². The van der Waals surface area contributed by atoms with E-state index in [4.69, 9.17) is 0 Å². The number of aromatic nitrogens is 2. The van der Waals surface area contributed by atoms with E-state index in [9.17, 15) is 9.90 Å². The van der Waals surface area contributed by atoms with E-state index < -0.39 is 0 Å². The average Bonchev–Trinajstić information content (AvgIpc) is 2.77. The molecule has 156 valence electrons. The summed E-state index contributed by atoms with van der Waals surface area (Å²) in [4.78, 5) is 23.0.